The van der Waals surface area contributed by atoms with Crippen LogP contribution in [0.25, 0.3) is 0 Å². The highest BCUT2D eigenvalue weighted by Gasteiger charge is 2.30. The monoisotopic (exact) mass is 277 g/mol. The van der Waals surface area contributed by atoms with Gasteiger partial charge in [-0.05, 0) is 12.0 Å². The average molecular weight is 277 g/mol. The van der Waals surface area contributed by atoms with Crippen LogP contribution in [0, 0.1) is 17.8 Å². The third kappa shape index (κ3) is 3.43. The number of rotatable bonds is 2. The standard InChI is InChI=1S/C14H15NO3S/c1-10-5-13(17)15(14(18)6-10)8-12-7-11(9-19-12)3-2-4-16/h7,9-10,16H,4-6,8H2,1H3. The first-order valence-electron chi connectivity index (χ1n) is 6.10. The molecule has 0 atom stereocenters. The molecule has 4 nitrogen and oxygen atoms in total. The lowest BCUT2D eigenvalue weighted by molar-refractivity contribution is -0.150. The first-order valence-corrected chi connectivity index (χ1v) is 6.98. The van der Waals surface area contributed by atoms with Crippen LogP contribution in [-0.4, -0.2) is 28.4 Å². The molecule has 2 rings (SSSR count). The number of piperidine rings is 1. The van der Waals surface area contributed by atoms with Gasteiger partial charge in [0.05, 0.1) is 6.54 Å². The Bertz CT molecular complexity index is 535. The van der Waals surface area contributed by atoms with Crippen molar-refractivity contribution in [3.8, 4) is 11.8 Å². The molecule has 1 fully saturated rings. The van der Waals surface area contributed by atoms with Crippen LogP contribution in [0.3, 0.4) is 0 Å². The second kappa shape index (κ2) is 6.00. The number of hydrogen-bond donors (Lipinski definition) is 1. The van der Waals surface area contributed by atoms with E-state index in [2.05, 4.69) is 11.8 Å². The fourth-order valence-electron chi connectivity index (χ4n) is 2.03. The molecule has 0 saturated carbocycles. The molecule has 1 N–H and O–H groups in total. The molecule has 2 heterocycles. The maximum absolute atomic E-state index is 11.8. The van der Waals surface area contributed by atoms with E-state index in [1.165, 1.54) is 16.2 Å². The van der Waals surface area contributed by atoms with Gasteiger partial charge in [-0.3, -0.25) is 14.5 Å². The minimum atomic E-state index is -0.174. The summed E-state index contributed by atoms with van der Waals surface area (Å²) in [6.07, 6.45) is 0.878. The van der Waals surface area contributed by atoms with Crippen LogP contribution in [0.4, 0.5) is 0 Å². The summed E-state index contributed by atoms with van der Waals surface area (Å²) in [5, 5.41) is 10.5. The fraction of sp³-hybridized carbons (Fsp3) is 0.429. The molecular weight excluding hydrogens is 262 g/mol. The van der Waals surface area contributed by atoms with Crippen molar-refractivity contribution in [1.29, 1.82) is 0 Å². The molecule has 0 spiro atoms. The Morgan fingerprint density at radius 2 is 2.11 bits per heavy atom. The van der Waals surface area contributed by atoms with Gasteiger partial charge in [-0.1, -0.05) is 18.8 Å². The summed E-state index contributed by atoms with van der Waals surface area (Å²) in [6.45, 7) is 2.07. The van der Waals surface area contributed by atoms with Crippen molar-refractivity contribution in [2.75, 3.05) is 6.61 Å². The summed E-state index contributed by atoms with van der Waals surface area (Å²) in [5.74, 6) is 5.32. The minimum absolute atomic E-state index is 0.0971. The first-order chi connectivity index (χ1) is 9.10. The molecule has 1 aliphatic rings. The number of hydrogen-bond acceptors (Lipinski definition) is 4. The Balaban J connectivity index is 2.06. The van der Waals surface area contributed by atoms with Gasteiger partial charge < -0.3 is 5.11 Å². The Hall–Kier alpha value is -1.64. The van der Waals surface area contributed by atoms with E-state index in [1.54, 1.807) is 0 Å². The van der Waals surface area contributed by atoms with Crippen molar-refractivity contribution in [2.24, 2.45) is 5.92 Å². The summed E-state index contributed by atoms with van der Waals surface area (Å²) < 4.78 is 0. The topological polar surface area (TPSA) is 57.6 Å². The number of thiophene rings is 1. The van der Waals surface area contributed by atoms with E-state index in [1.807, 2.05) is 18.4 Å². The predicted octanol–water partition coefficient (Wildman–Crippen LogP) is 1.38. The highest BCUT2D eigenvalue weighted by atomic mass is 32.1. The number of likely N-dealkylation sites (tertiary alicyclic amines) is 1. The summed E-state index contributed by atoms with van der Waals surface area (Å²) in [4.78, 5) is 26.0. The van der Waals surface area contributed by atoms with Crippen LogP contribution in [0.15, 0.2) is 11.4 Å². The fourth-order valence-corrected chi connectivity index (χ4v) is 2.83. The van der Waals surface area contributed by atoms with Gasteiger partial charge in [0.1, 0.15) is 6.61 Å². The molecule has 0 unspecified atom stereocenters. The maximum Gasteiger partial charge on any atom is 0.229 e. The Kier molecular flexibility index (Phi) is 4.35. The van der Waals surface area contributed by atoms with Gasteiger partial charge in [-0.15, -0.1) is 11.3 Å². The van der Waals surface area contributed by atoms with Gasteiger partial charge in [-0.25, -0.2) is 0 Å². The van der Waals surface area contributed by atoms with Gasteiger partial charge in [0.2, 0.25) is 11.8 Å². The van der Waals surface area contributed by atoms with Gasteiger partial charge in [-0.2, -0.15) is 0 Å². The molecule has 100 valence electrons. The Labute approximate surface area is 116 Å². The van der Waals surface area contributed by atoms with Crippen LogP contribution < -0.4 is 0 Å². The summed E-state index contributed by atoms with van der Waals surface area (Å²) in [5.41, 5.74) is 0.805. The van der Waals surface area contributed by atoms with Crippen LogP contribution >= 0.6 is 11.3 Å². The zero-order valence-corrected chi connectivity index (χ0v) is 11.5. The van der Waals surface area contributed by atoms with Crippen molar-refractivity contribution in [1.82, 2.24) is 4.90 Å². The number of amides is 2. The number of nitrogens with zero attached hydrogens (tertiary/aromatic N) is 1. The minimum Gasteiger partial charge on any atom is -0.384 e. The third-order valence-electron chi connectivity index (χ3n) is 2.93. The number of aliphatic hydroxyl groups is 1. The lowest BCUT2D eigenvalue weighted by Gasteiger charge is -2.27. The molecule has 0 aliphatic carbocycles. The van der Waals surface area contributed by atoms with Gasteiger partial charge in [0.15, 0.2) is 0 Å². The molecule has 0 radical (unpaired) electrons. The molecule has 1 saturated heterocycles. The van der Waals surface area contributed by atoms with Gasteiger partial charge in [0, 0.05) is 28.7 Å². The van der Waals surface area contributed by atoms with Crippen molar-refractivity contribution in [2.45, 2.75) is 26.3 Å². The number of carbonyl (C=O) groups excluding carboxylic acids is 2. The average Bonchev–Trinajstić information content (AvgIpc) is 2.79. The second-order valence-corrected chi connectivity index (χ2v) is 5.64. The zero-order valence-electron chi connectivity index (χ0n) is 10.7. The quantitative estimate of drug-likeness (QED) is 0.656. The largest absolute Gasteiger partial charge is 0.384 e. The summed E-state index contributed by atoms with van der Waals surface area (Å²) >= 11 is 1.47. The second-order valence-electron chi connectivity index (χ2n) is 4.65. The van der Waals surface area contributed by atoms with Crippen LogP contribution in [-0.2, 0) is 16.1 Å². The van der Waals surface area contributed by atoms with Crippen LogP contribution in [0.2, 0.25) is 0 Å². The van der Waals surface area contributed by atoms with E-state index >= 15 is 0 Å². The number of imide groups is 1. The van der Waals surface area contributed by atoms with Crippen molar-refractivity contribution >= 4 is 23.2 Å². The molecule has 0 aromatic carbocycles. The maximum atomic E-state index is 11.8. The predicted molar refractivity (Wildman–Crippen MR) is 72.2 cm³/mol. The van der Waals surface area contributed by atoms with E-state index in [-0.39, 0.29) is 24.3 Å². The molecule has 1 aromatic heterocycles. The van der Waals surface area contributed by atoms with Crippen molar-refractivity contribution in [3.63, 3.8) is 0 Å². The molecule has 5 heteroatoms. The van der Waals surface area contributed by atoms with Gasteiger partial charge in [0.25, 0.3) is 0 Å². The number of aliphatic hydroxyl groups excluding tert-OH is 1. The zero-order chi connectivity index (χ0) is 13.8. The van der Waals surface area contributed by atoms with E-state index in [0.717, 1.165) is 10.4 Å². The van der Waals surface area contributed by atoms with Crippen LogP contribution in [0.1, 0.15) is 30.2 Å². The molecule has 19 heavy (non-hydrogen) atoms. The molecule has 2 amide bonds. The highest BCUT2D eigenvalue weighted by Crippen LogP contribution is 2.23. The molecule has 0 bridgehead atoms. The SMILES string of the molecule is CC1CC(=O)N(Cc2cc(C#CCO)cs2)C(=O)C1. The third-order valence-corrected chi connectivity index (χ3v) is 3.85. The smallest absolute Gasteiger partial charge is 0.229 e. The van der Waals surface area contributed by atoms with Crippen LogP contribution in [0.5, 0.6) is 0 Å². The van der Waals surface area contributed by atoms with E-state index in [9.17, 15) is 9.59 Å². The lowest BCUT2D eigenvalue weighted by atomic mass is 9.98. The highest BCUT2D eigenvalue weighted by molar-refractivity contribution is 7.10. The molecule has 1 aliphatic heterocycles. The van der Waals surface area contributed by atoms with Crippen molar-refractivity contribution in [3.05, 3.63) is 21.9 Å². The summed E-state index contributed by atoms with van der Waals surface area (Å²) in [7, 11) is 0. The van der Waals surface area contributed by atoms with E-state index in [0.29, 0.717) is 19.4 Å². The van der Waals surface area contributed by atoms with Crippen molar-refractivity contribution < 1.29 is 14.7 Å². The molecule has 1 aromatic rings. The molecular formula is C14H15NO3S. The normalized spacial score (nSPS) is 16.4. The Morgan fingerprint density at radius 1 is 1.42 bits per heavy atom. The summed E-state index contributed by atoms with van der Waals surface area (Å²) in [6, 6.07) is 1.85. The lowest BCUT2D eigenvalue weighted by Crippen LogP contribution is -2.41. The Morgan fingerprint density at radius 3 is 2.74 bits per heavy atom. The van der Waals surface area contributed by atoms with Gasteiger partial charge >= 0.3 is 0 Å². The van der Waals surface area contributed by atoms with E-state index < -0.39 is 0 Å². The van der Waals surface area contributed by atoms with E-state index in [4.69, 9.17) is 5.11 Å². The number of carbonyl (C=O) groups is 2. The first kappa shape index (κ1) is 13.8.